The van der Waals surface area contributed by atoms with E-state index in [9.17, 15) is 4.79 Å². The van der Waals surface area contributed by atoms with Crippen LogP contribution in [0.4, 0.5) is 21.0 Å². The first-order valence-electron chi connectivity index (χ1n) is 13.2. The number of morpholine rings is 1. The summed E-state index contributed by atoms with van der Waals surface area (Å²) in [6, 6.07) is 3.56. The van der Waals surface area contributed by atoms with Crippen LogP contribution in [-0.4, -0.2) is 86.8 Å². The minimum atomic E-state index is -1.33. The molecule has 0 spiro atoms. The van der Waals surface area contributed by atoms with E-state index in [0.29, 0.717) is 17.5 Å². The van der Waals surface area contributed by atoms with Crippen LogP contribution in [0.5, 0.6) is 0 Å². The van der Waals surface area contributed by atoms with Crippen LogP contribution in [0.15, 0.2) is 24.5 Å². The van der Waals surface area contributed by atoms with Crippen LogP contribution < -0.4 is 10.6 Å². The van der Waals surface area contributed by atoms with Crippen molar-refractivity contribution in [1.82, 2.24) is 34.8 Å². The van der Waals surface area contributed by atoms with Crippen molar-refractivity contribution in [2.45, 2.75) is 43.6 Å². The molecule has 202 valence electrons. The Kier molecular flexibility index (Phi) is 5.93. The number of fused-ring (bicyclic) bond motifs is 1. The fourth-order valence-corrected chi connectivity index (χ4v) is 5.91. The molecule has 2 bridgehead atoms. The second-order valence-corrected chi connectivity index (χ2v) is 10.9. The molecule has 0 aromatic carbocycles. The molecule has 3 saturated carbocycles. The number of amides is 1. The van der Waals surface area contributed by atoms with Crippen LogP contribution in [0.2, 0.25) is 0 Å². The van der Waals surface area contributed by atoms with Crippen LogP contribution in [0.1, 0.15) is 36.8 Å². The van der Waals surface area contributed by atoms with Gasteiger partial charge in [0.25, 0.3) is 0 Å². The van der Waals surface area contributed by atoms with Gasteiger partial charge in [0, 0.05) is 43.6 Å². The maximum atomic E-state index is 15.2. The number of aromatic amines is 1. The van der Waals surface area contributed by atoms with Crippen molar-refractivity contribution >= 4 is 23.5 Å². The zero-order valence-corrected chi connectivity index (χ0v) is 20.9. The number of nitrogens with zero attached hydrogens (tertiary/aromatic N) is 5. The molecule has 13 heteroatoms. The Morgan fingerprint density at radius 2 is 2.13 bits per heavy atom. The molecule has 12 nitrogen and oxygen atoms in total. The summed E-state index contributed by atoms with van der Waals surface area (Å²) < 4.78 is 33.5. The zero-order valence-electron chi connectivity index (χ0n) is 20.9. The molecule has 3 aliphatic carbocycles. The second kappa shape index (κ2) is 9.47. The van der Waals surface area contributed by atoms with Crippen molar-refractivity contribution in [3.63, 3.8) is 0 Å². The number of anilines is 2. The van der Waals surface area contributed by atoms with E-state index in [4.69, 9.17) is 19.2 Å². The molecule has 3 aromatic rings. The number of hydrogen-bond donors (Lipinski definition) is 3. The largest absolute Gasteiger partial charge is 0.449 e. The highest BCUT2D eigenvalue weighted by Gasteiger charge is 2.57. The molecule has 1 amide bonds. The smallest absolute Gasteiger partial charge is 0.407 e. The van der Waals surface area contributed by atoms with Gasteiger partial charge in [0.1, 0.15) is 24.5 Å². The second-order valence-electron chi connectivity index (χ2n) is 10.9. The standard InChI is InChI=1S/C25H31FN8O4/c26-21-16(14-38-24(35)30-25-8-15(9-25)10-25)13-37-22(21)18-7-19(32-31-18)29-23-27-2-1-20-28-17(12-34(20)23)11-33-3-5-36-6-4-33/h1-2,7,12,15-16,21-22H,3-6,8-11,13-14H2,(H,30,35)(H2,27,29,31,32)/t15?,16-,21-,22+,25?/m1/s1. The molecule has 3 atom stereocenters. The Morgan fingerprint density at radius 3 is 2.92 bits per heavy atom. The number of nitrogens with one attached hydrogen (secondary N) is 3. The number of aromatic nitrogens is 5. The lowest BCUT2D eigenvalue weighted by molar-refractivity contribution is -0.0489. The SMILES string of the molecule is O=C(NC12CC(C1)C2)OC[C@H]1CO[C@@H](c2cc(Nc3nccc4nc(CN5CCOCC5)cn34)n[nH]2)[C@@H]1F. The average molecular weight is 527 g/mol. The minimum Gasteiger partial charge on any atom is -0.449 e. The van der Waals surface area contributed by atoms with Crippen molar-refractivity contribution in [3.05, 3.63) is 35.9 Å². The maximum absolute atomic E-state index is 15.2. The Morgan fingerprint density at radius 1 is 1.29 bits per heavy atom. The predicted octanol–water partition coefficient (Wildman–Crippen LogP) is 2.33. The molecule has 5 fully saturated rings. The van der Waals surface area contributed by atoms with Gasteiger partial charge in [-0.3, -0.25) is 14.4 Å². The third kappa shape index (κ3) is 4.48. The number of hydrogen-bond acceptors (Lipinski definition) is 9. The number of H-pyrrole nitrogens is 1. The number of halogens is 1. The van der Waals surface area contributed by atoms with Gasteiger partial charge in [0.15, 0.2) is 5.82 Å². The highest BCUT2D eigenvalue weighted by molar-refractivity contribution is 5.69. The summed E-state index contributed by atoms with van der Waals surface area (Å²) in [5, 5.41) is 13.3. The topological polar surface area (TPSA) is 131 Å². The molecule has 0 radical (unpaired) electrons. The summed E-state index contributed by atoms with van der Waals surface area (Å²) in [5.74, 6) is 1.25. The van der Waals surface area contributed by atoms with Crippen molar-refractivity contribution < 1.29 is 23.4 Å². The van der Waals surface area contributed by atoms with E-state index in [1.807, 2.05) is 16.7 Å². The number of carbonyl (C=O) groups excluding carboxylic acids is 1. The van der Waals surface area contributed by atoms with Gasteiger partial charge in [0.2, 0.25) is 5.95 Å². The van der Waals surface area contributed by atoms with Gasteiger partial charge in [-0.2, -0.15) is 5.10 Å². The minimum absolute atomic E-state index is 0.0262. The monoisotopic (exact) mass is 526 g/mol. The van der Waals surface area contributed by atoms with Crippen LogP contribution in [0.3, 0.4) is 0 Å². The third-order valence-corrected chi connectivity index (χ3v) is 8.13. The molecule has 3 N–H and O–H groups in total. The van der Waals surface area contributed by atoms with Crippen LogP contribution in [0, 0.1) is 11.8 Å². The number of ether oxygens (including phenoxy) is 3. The van der Waals surface area contributed by atoms with Gasteiger partial charge < -0.3 is 24.8 Å². The molecule has 2 aliphatic heterocycles. The normalized spacial score (nSPS) is 30.6. The van der Waals surface area contributed by atoms with E-state index in [0.717, 1.165) is 69.4 Å². The zero-order chi connectivity index (χ0) is 25.7. The summed E-state index contributed by atoms with van der Waals surface area (Å²) >= 11 is 0. The summed E-state index contributed by atoms with van der Waals surface area (Å²) in [7, 11) is 0. The first kappa shape index (κ1) is 23.8. The van der Waals surface area contributed by atoms with E-state index < -0.39 is 24.3 Å². The Balaban J connectivity index is 0.966. The average Bonchev–Trinajstić information content (AvgIpc) is 3.59. The number of carbonyl (C=O) groups is 1. The predicted molar refractivity (Wildman–Crippen MR) is 133 cm³/mol. The number of rotatable bonds is 8. The van der Waals surface area contributed by atoms with E-state index in [-0.39, 0.29) is 18.8 Å². The van der Waals surface area contributed by atoms with Crippen molar-refractivity contribution in [2.24, 2.45) is 11.8 Å². The van der Waals surface area contributed by atoms with Crippen molar-refractivity contribution in [2.75, 3.05) is 44.8 Å². The van der Waals surface area contributed by atoms with E-state index in [1.165, 1.54) is 0 Å². The fourth-order valence-electron chi connectivity index (χ4n) is 5.91. The quantitative estimate of drug-likeness (QED) is 0.405. The van der Waals surface area contributed by atoms with Gasteiger partial charge in [-0.05, 0) is 31.2 Å². The summed E-state index contributed by atoms with van der Waals surface area (Å²) in [4.78, 5) is 23.6. The number of alkyl carbamates (subject to hydrolysis) is 1. The fraction of sp³-hybridized carbons (Fsp3) is 0.600. The number of alkyl halides is 1. The van der Waals surface area contributed by atoms with Gasteiger partial charge in [-0.15, -0.1) is 0 Å². The molecular formula is C25H31FN8O4. The molecule has 38 heavy (non-hydrogen) atoms. The Hall–Kier alpha value is -3.29. The van der Waals surface area contributed by atoms with Crippen LogP contribution >= 0.6 is 0 Å². The summed E-state index contributed by atoms with van der Waals surface area (Å²) in [6.07, 6.45) is 4.11. The Bertz CT molecular complexity index is 1310. The first-order chi connectivity index (χ1) is 18.5. The third-order valence-electron chi connectivity index (χ3n) is 8.13. The van der Waals surface area contributed by atoms with E-state index in [1.54, 1.807) is 12.3 Å². The van der Waals surface area contributed by atoms with E-state index >= 15 is 4.39 Å². The number of imidazole rings is 1. The highest BCUT2D eigenvalue weighted by Crippen LogP contribution is 2.56. The van der Waals surface area contributed by atoms with Gasteiger partial charge in [-0.25, -0.2) is 19.2 Å². The molecule has 5 heterocycles. The van der Waals surface area contributed by atoms with E-state index in [2.05, 4.69) is 30.7 Å². The van der Waals surface area contributed by atoms with Crippen LogP contribution in [-0.2, 0) is 20.8 Å². The molecular weight excluding hydrogens is 495 g/mol. The maximum Gasteiger partial charge on any atom is 0.407 e. The van der Waals surface area contributed by atoms with Crippen molar-refractivity contribution in [3.8, 4) is 0 Å². The lowest BCUT2D eigenvalue weighted by Crippen LogP contribution is -2.68. The summed E-state index contributed by atoms with van der Waals surface area (Å²) in [6.45, 7) is 4.11. The molecule has 0 unspecified atom stereocenters. The van der Waals surface area contributed by atoms with Gasteiger partial charge in [-0.1, -0.05) is 0 Å². The van der Waals surface area contributed by atoms with Gasteiger partial charge >= 0.3 is 6.09 Å². The van der Waals surface area contributed by atoms with Crippen molar-refractivity contribution in [1.29, 1.82) is 0 Å². The lowest BCUT2D eigenvalue weighted by Gasteiger charge is -2.61. The highest BCUT2D eigenvalue weighted by atomic mass is 19.1. The first-order valence-corrected chi connectivity index (χ1v) is 13.2. The molecule has 3 aromatic heterocycles. The Labute approximate surface area is 218 Å². The van der Waals surface area contributed by atoms with Gasteiger partial charge in [0.05, 0.1) is 37.1 Å². The molecule has 8 rings (SSSR count). The lowest BCUT2D eigenvalue weighted by atomic mass is 9.50. The molecule has 2 saturated heterocycles. The molecule has 5 aliphatic rings. The van der Waals surface area contributed by atoms with Crippen LogP contribution in [0.25, 0.3) is 5.65 Å². The summed E-state index contributed by atoms with van der Waals surface area (Å²) in [5.41, 5.74) is 2.15.